The summed E-state index contributed by atoms with van der Waals surface area (Å²) in [5.74, 6) is -0.0118. The van der Waals surface area contributed by atoms with Gasteiger partial charge in [0, 0.05) is 13.5 Å². The van der Waals surface area contributed by atoms with Gasteiger partial charge in [0.2, 0.25) is 5.91 Å². The first-order valence-electron chi connectivity index (χ1n) is 5.26. The molecule has 1 aromatic carbocycles. The Morgan fingerprint density at radius 3 is 2.44 bits per heavy atom. The fourth-order valence-corrected chi connectivity index (χ4v) is 1.28. The van der Waals surface area contributed by atoms with Crippen molar-refractivity contribution in [2.24, 2.45) is 0 Å². The highest BCUT2D eigenvalue weighted by atomic mass is 16.1. The second-order valence-corrected chi connectivity index (χ2v) is 3.74. The van der Waals surface area contributed by atoms with E-state index in [0.717, 1.165) is 16.7 Å². The predicted molar refractivity (Wildman–Crippen MR) is 68.9 cm³/mol. The van der Waals surface area contributed by atoms with Gasteiger partial charge in [0.15, 0.2) is 0 Å². The number of nitrogens with one attached hydrogen (secondary N) is 1. The van der Waals surface area contributed by atoms with Crippen LogP contribution in [0, 0.1) is 0 Å². The van der Waals surface area contributed by atoms with Crippen molar-refractivity contribution in [1.82, 2.24) is 5.32 Å². The lowest BCUT2D eigenvalue weighted by atomic mass is 10.1. The van der Waals surface area contributed by atoms with E-state index in [2.05, 4.69) is 11.9 Å². The molecule has 0 aromatic heterocycles. The van der Waals surface area contributed by atoms with Gasteiger partial charge in [-0.3, -0.25) is 4.79 Å². The molecule has 2 heteroatoms. The molecular formula is C14H17NO. The first kappa shape index (κ1) is 12.2. The summed E-state index contributed by atoms with van der Waals surface area (Å²) in [4.78, 5) is 10.6. The van der Waals surface area contributed by atoms with Crippen LogP contribution in [0.3, 0.4) is 0 Å². The molecule has 0 fully saturated rings. The number of benzene rings is 1. The maximum Gasteiger partial charge on any atom is 0.217 e. The van der Waals surface area contributed by atoms with Gasteiger partial charge in [-0.25, -0.2) is 0 Å². The topological polar surface area (TPSA) is 29.1 Å². The van der Waals surface area contributed by atoms with Crippen molar-refractivity contribution in [3.63, 3.8) is 0 Å². The number of rotatable bonds is 4. The molecule has 0 radical (unpaired) electrons. The minimum absolute atomic E-state index is 0.0118. The highest BCUT2D eigenvalue weighted by Gasteiger charge is 1.92. The summed E-state index contributed by atoms with van der Waals surface area (Å²) in [6.07, 6.45) is 3.91. The zero-order chi connectivity index (χ0) is 12.0. The Hall–Kier alpha value is -1.83. The molecule has 1 aromatic rings. The van der Waals surface area contributed by atoms with Gasteiger partial charge in [0.05, 0.1) is 0 Å². The van der Waals surface area contributed by atoms with Gasteiger partial charge >= 0.3 is 0 Å². The summed E-state index contributed by atoms with van der Waals surface area (Å²) in [6.45, 7) is 7.95. The Kier molecular flexibility index (Phi) is 4.52. The van der Waals surface area contributed by atoms with Crippen LogP contribution in [0.25, 0.3) is 11.6 Å². The number of carbonyl (C=O) groups is 1. The average Bonchev–Trinajstić information content (AvgIpc) is 2.25. The highest BCUT2D eigenvalue weighted by Crippen LogP contribution is 2.12. The lowest BCUT2D eigenvalue weighted by Gasteiger charge is -2.00. The van der Waals surface area contributed by atoms with Crippen LogP contribution in [0.4, 0.5) is 0 Å². The van der Waals surface area contributed by atoms with E-state index in [-0.39, 0.29) is 5.91 Å². The van der Waals surface area contributed by atoms with Gasteiger partial charge in [-0.1, -0.05) is 48.6 Å². The molecule has 0 saturated heterocycles. The number of allylic oxidation sites excluding steroid dienone is 1. The van der Waals surface area contributed by atoms with Crippen molar-refractivity contribution in [2.45, 2.75) is 13.8 Å². The molecule has 0 unspecified atom stereocenters. The minimum Gasteiger partial charge on any atom is -0.353 e. The minimum atomic E-state index is -0.0118. The second-order valence-electron chi connectivity index (χ2n) is 3.74. The maximum absolute atomic E-state index is 10.6. The quantitative estimate of drug-likeness (QED) is 0.822. The van der Waals surface area contributed by atoms with Crippen molar-refractivity contribution < 1.29 is 4.79 Å². The normalized spacial score (nSPS) is 10.4. The van der Waals surface area contributed by atoms with Gasteiger partial charge in [0.1, 0.15) is 0 Å². The first-order chi connectivity index (χ1) is 7.59. The fraction of sp³-hybridized carbons (Fsp3) is 0.214. The molecule has 2 nitrogen and oxygen atoms in total. The van der Waals surface area contributed by atoms with Crippen LogP contribution in [-0.2, 0) is 4.79 Å². The summed E-state index contributed by atoms with van der Waals surface area (Å²) in [7, 11) is 0. The van der Waals surface area contributed by atoms with E-state index in [0.29, 0.717) is 6.54 Å². The molecule has 0 aliphatic carbocycles. The van der Waals surface area contributed by atoms with E-state index >= 15 is 0 Å². The molecule has 0 bridgehead atoms. The molecule has 0 aliphatic heterocycles. The van der Waals surface area contributed by atoms with Crippen LogP contribution in [-0.4, -0.2) is 12.5 Å². The summed E-state index contributed by atoms with van der Waals surface area (Å²) in [5.41, 5.74) is 3.34. The number of amides is 1. The fourth-order valence-electron chi connectivity index (χ4n) is 1.28. The van der Waals surface area contributed by atoms with Gasteiger partial charge < -0.3 is 5.32 Å². The third kappa shape index (κ3) is 4.13. The molecule has 0 aliphatic rings. The summed E-state index contributed by atoms with van der Waals surface area (Å²) < 4.78 is 0. The average molecular weight is 215 g/mol. The van der Waals surface area contributed by atoms with Gasteiger partial charge in [-0.15, -0.1) is 0 Å². The molecule has 0 atom stereocenters. The van der Waals surface area contributed by atoms with E-state index in [1.807, 2.05) is 43.3 Å². The monoisotopic (exact) mass is 215 g/mol. The summed E-state index contributed by atoms with van der Waals surface area (Å²) >= 11 is 0. The molecule has 1 N–H and O–H groups in total. The number of hydrogen-bond acceptors (Lipinski definition) is 1. The first-order valence-corrected chi connectivity index (χ1v) is 5.26. The molecule has 0 spiro atoms. The van der Waals surface area contributed by atoms with Crippen molar-refractivity contribution in [3.8, 4) is 0 Å². The Morgan fingerprint density at radius 2 is 1.94 bits per heavy atom. The van der Waals surface area contributed by atoms with Crippen LogP contribution in [0.1, 0.15) is 25.0 Å². The zero-order valence-electron chi connectivity index (χ0n) is 9.79. The standard InChI is InChI=1S/C14H17NO/c1-11(2)14-8-6-13(7-9-14)5-4-10-15-12(3)16/h4-9H,1,10H2,2-3H3,(H,15,16). The predicted octanol–water partition coefficient (Wildman–Crippen LogP) is 2.87. The Labute approximate surface area is 96.7 Å². The van der Waals surface area contributed by atoms with Crippen molar-refractivity contribution in [1.29, 1.82) is 0 Å². The third-order valence-electron chi connectivity index (χ3n) is 2.18. The number of carbonyl (C=O) groups excluding carboxylic acids is 1. The van der Waals surface area contributed by atoms with Gasteiger partial charge in [-0.05, 0) is 18.1 Å². The van der Waals surface area contributed by atoms with Crippen LogP contribution in [0.2, 0.25) is 0 Å². The van der Waals surface area contributed by atoms with E-state index in [1.54, 1.807) is 0 Å². The van der Waals surface area contributed by atoms with E-state index < -0.39 is 0 Å². The molecule has 84 valence electrons. The van der Waals surface area contributed by atoms with Gasteiger partial charge in [-0.2, -0.15) is 0 Å². The van der Waals surface area contributed by atoms with Crippen LogP contribution in [0.5, 0.6) is 0 Å². The van der Waals surface area contributed by atoms with Crippen molar-refractivity contribution >= 4 is 17.6 Å². The van der Waals surface area contributed by atoms with E-state index in [9.17, 15) is 4.79 Å². The van der Waals surface area contributed by atoms with Crippen molar-refractivity contribution in [2.75, 3.05) is 6.54 Å². The molecule has 1 rings (SSSR count). The molecule has 0 saturated carbocycles. The summed E-state index contributed by atoms with van der Waals surface area (Å²) in [6, 6.07) is 8.16. The zero-order valence-corrected chi connectivity index (χ0v) is 9.79. The van der Waals surface area contributed by atoms with E-state index in [1.165, 1.54) is 6.92 Å². The SMILES string of the molecule is C=C(C)c1ccc(C=CCNC(C)=O)cc1. The smallest absolute Gasteiger partial charge is 0.217 e. The molecule has 1 amide bonds. The Bertz CT molecular complexity index is 401. The van der Waals surface area contributed by atoms with Crippen molar-refractivity contribution in [3.05, 3.63) is 48.0 Å². The third-order valence-corrected chi connectivity index (χ3v) is 2.18. The lowest BCUT2D eigenvalue weighted by molar-refractivity contribution is -0.118. The van der Waals surface area contributed by atoms with E-state index in [4.69, 9.17) is 0 Å². The Morgan fingerprint density at radius 1 is 1.31 bits per heavy atom. The van der Waals surface area contributed by atoms with Gasteiger partial charge in [0.25, 0.3) is 0 Å². The number of hydrogen-bond donors (Lipinski definition) is 1. The van der Waals surface area contributed by atoms with Crippen LogP contribution < -0.4 is 5.32 Å². The Balaban J connectivity index is 2.55. The highest BCUT2D eigenvalue weighted by molar-refractivity contribution is 5.73. The largest absolute Gasteiger partial charge is 0.353 e. The maximum atomic E-state index is 10.6. The van der Waals surface area contributed by atoms with Crippen LogP contribution in [0.15, 0.2) is 36.9 Å². The molecule has 0 heterocycles. The molecular weight excluding hydrogens is 198 g/mol. The summed E-state index contributed by atoms with van der Waals surface area (Å²) in [5, 5.41) is 2.71. The second kappa shape index (κ2) is 5.91. The molecule has 16 heavy (non-hydrogen) atoms. The van der Waals surface area contributed by atoms with Crippen LogP contribution >= 0.6 is 0 Å². The lowest BCUT2D eigenvalue weighted by Crippen LogP contribution is -2.19.